The number of hydrogen-bond donors (Lipinski definition) is 3. The van der Waals surface area contributed by atoms with Crippen LogP contribution in [0.5, 0.6) is 0 Å². The molecule has 164 valence electrons. The first kappa shape index (κ1) is 21.1. The number of ether oxygens (including phenoxy) is 1. The molecule has 32 heavy (non-hydrogen) atoms. The summed E-state index contributed by atoms with van der Waals surface area (Å²) in [5.41, 5.74) is 4.80. The van der Waals surface area contributed by atoms with Crippen molar-refractivity contribution < 1.29 is 24.2 Å². The molecule has 4 rings (SSSR count). The molecule has 9 heteroatoms. The first-order valence-corrected chi connectivity index (χ1v) is 10.1. The Balaban J connectivity index is 1.32. The fourth-order valence-electron chi connectivity index (χ4n) is 3.79. The molecule has 3 N–H and O–H groups in total. The molecule has 2 aromatic carbocycles. The summed E-state index contributed by atoms with van der Waals surface area (Å²) in [4.78, 5) is 35.4. The zero-order valence-electron chi connectivity index (χ0n) is 17.3. The smallest absolute Gasteiger partial charge is 0.407 e. The summed E-state index contributed by atoms with van der Waals surface area (Å²) in [6, 6.07) is 15.2. The van der Waals surface area contributed by atoms with Gasteiger partial charge in [-0.25, -0.2) is 4.79 Å². The zero-order valence-corrected chi connectivity index (χ0v) is 17.3. The quantitative estimate of drug-likeness (QED) is 0.526. The summed E-state index contributed by atoms with van der Waals surface area (Å²) < 4.78 is 6.63. The van der Waals surface area contributed by atoms with Gasteiger partial charge in [0.25, 0.3) is 0 Å². The van der Waals surface area contributed by atoms with E-state index in [0.29, 0.717) is 5.69 Å². The number of amides is 2. The van der Waals surface area contributed by atoms with E-state index in [1.807, 2.05) is 36.4 Å². The molecule has 1 aromatic heterocycles. The molecule has 2 amide bonds. The number of fused-ring (bicyclic) bond motifs is 3. The van der Waals surface area contributed by atoms with Crippen LogP contribution in [0.25, 0.3) is 11.1 Å². The Morgan fingerprint density at radius 3 is 2.34 bits per heavy atom. The minimum absolute atomic E-state index is 0.0719. The molecule has 3 aromatic rings. The first-order valence-electron chi connectivity index (χ1n) is 10.1. The molecule has 0 aliphatic heterocycles. The van der Waals surface area contributed by atoms with Crippen molar-refractivity contribution in [1.82, 2.24) is 15.1 Å². The predicted molar refractivity (Wildman–Crippen MR) is 116 cm³/mol. The number of aromatic nitrogens is 2. The van der Waals surface area contributed by atoms with Crippen molar-refractivity contribution in [3.63, 3.8) is 0 Å². The van der Waals surface area contributed by atoms with Gasteiger partial charge in [0.05, 0.1) is 11.9 Å². The fraction of sp³-hybridized carbons (Fsp3) is 0.217. The minimum Gasteiger partial charge on any atom is -0.480 e. The summed E-state index contributed by atoms with van der Waals surface area (Å²) in [7, 11) is 0. The number of carbonyl (C=O) groups excluding carboxylic acids is 2. The van der Waals surface area contributed by atoms with Gasteiger partial charge >= 0.3 is 12.1 Å². The van der Waals surface area contributed by atoms with Crippen LogP contribution in [0.1, 0.15) is 24.0 Å². The fourth-order valence-corrected chi connectivity index (χ4v) is 3.79. The van der Waals surface area contributed by atoms with Gasteiger partial charge in [0.2, 0.25) is 5.91 Å². The van der Waals surface area contributed by atoms with Gasteiger partial charge in [0, 0.05) is 12.1 Å². The van der Waals surface area contributed by atoms with E-state index >= 15 is 0 Å². The van der Waals surface area contributed by atoms with Crippen molar-refractivity contribution in [3.8, 4) is 11.1 Å². The largest absolute Gasteiger partial charge is 0.480 e. The third kappa shape index (κ3) is 4.46. The maximum absolute atomic E-state index is 12.3. The van der Waals surface area contributed by atoms with Gasteiger partial charge < -0.3 is 20.5 Å². The molecule has 0 bridgehead atoms. The van der Waals surface area contributed by atoms with Crippen LogP contribution in [0.2, 0.25) is 0 Å². The van der Waals surface area contributed by atoms with E-state index < -0.39 is 24.0 Å². The maximum Gasteiger partial charge on any atom is 0.407 e. The molecule has 0 saturated carbocycles. The Hall–Kier alpha value is -4.14. The van der Waals surface area contributed by atoms with Gasteiger partial charge in [0.15, 0.2) is 0 Å². The number of nitrogens with zero attached hydrogens (tertiary/aromatic N) is 2. The van der Waals surface area contributed by atoms with Crippen LogP contribution in [0, 0.1) is 0 Å². The Bertz CT molecular complexity index is 1130. The third-order valence-electron chi connectivity index (χ3n) is 5.27. The van der Waals surface area contributed by atoms with Crippen LogP contribution in [0.3, 0.4) is 0 Å². The van der Waals surface area contributed by atoms with Crippen LogP contribution in [-0.2, 0) is 20.9 Å². The monoisotopic (exact) mass is 434 g/mol. The highest BCUT2D eigenvalue weighted by atomic mass is 16.5. The summed E-state index contributed by atoms with van der Waals surface area (Å²) in [6.45, 7) is 1.36. The van der Waals surface area contributed by atoms with Gasteiger partial charge in [-0.2, -0.15) is 5.10 Å². The number of aliphatic carboxylic acids is 1. The van der Waals surface area contributed by atoms with E-state index in [1.54, 1.807) is 0 Å². The Labute approximate surface area is 184 Å². The number of alkyl carbamates (subject to hydrolysis) is 1. The number of carboxylic acids is 1. The van der Waals surface area contributed by atoms with Gasteiger partial charge in [-0.05, 0) is 29.2 Å². The molecular formula is C23H22N4O5. The molecule has 0 radical (unpaired) electrons. The molecule has 0 saturated heterocycles. The van der Waals surface area contributed by atoms with E-state index in [-0.39, 0.29) is 19.1 Å². The normalized spacial score (nSPS) is 13.0. The van der Waals surface area contributed by atoms with Crippen molar-refractivity contribution in [2.45, 2.75) is 25.4 Å². The number of carbonyl (C=O) groups is 3. The van der Waals surface area contributed by atoms with Crippen LogP contribution < -0.4 is 10.6 Å². The number of benzene rings is 2. The predicted octanol–water partition coefficient (Wildman–Crippen LogP) is 2.83. The second-order valence-electron chi connectivity index (χ2n) is 7.50. The van der Waals surface area contributed by atoms with E-state index in [0.717, 1.165) is 22.3 Å². The van der Waals surface area contributed by atoms with Crippen LogP contribution in [-0.4, -0.2) is 45.5 Å². The summed E-state index contributed by atoms with van der Waals surface area (Å²) in [5.74, 6) is -1.60. The van der Waals surface area contributed by atoms with Crippen molar-refractivity contribution in [3.05, 3.63) is 72.1 Å². The van der Waals surface area contributed by atoms with Crippen LogP contribution in [0.4, 0.5) is 10.5 Å². The van der Waals surface area contributed by atoms with Crippen LogP contribution in [0.15, 0.2) is 60.9 Å². The van der Waals surface area contributed by atoms with Crippen molar-refractivity contribution in [2.75, 3.05) is 11.9 Å². The maximum atomic E-state index is 12.3. The lowest BCUT2D eigenvalue weighted by Gasteiger charge is -2.17. The molecule has 1 unspecified atom stereocenters. The van der Waals surface area contributed by atoms with Crippen LogP contribution >= 0.6 is 0 Å². The van der Waals surface area contributed by atoms with Crippen molar-refractivity contribution in [1.29, 1.82) is 0 Å². The van der Waals surface area contributed by atoms with Crippen molar-refractivity contribution in [2.24, 2.45) is 0 Å². The molecule has 1 aliphatic rings. The second kappa shape index (κ2) is 8.93. The number of carboxylic acid groups (broad SMARTS) is 1. The molecular weight excluding hydrogens is 412 g/mol. The molecule has 9 nitrogen and oxygen atoms in total. The first-order chi connectivity index (χ1) is 15.4. The SMILES string of the molecule is CC(NC(=O)OCC1c2ccccc2-c2ccccc21)C(=O)Nc1cnn(CC(=O)O)c1. The highest BCUT2D eigenvalue weighted by Crippen LogP contribution is 2.44. The lowest BCUT2D eigenvalue weighted by Crippen LogP contribution is -2.42. The topological polar surface area (TPSA) is 123 Å². The van der Waals surface area contributed by atoms with Gasteiger partial charge in [-0.1, -0.05) is 48.5 Å². The van der Waals surface area contributed by atoms with E-state index in [4.69, 9.17) is 9.84 Å². The Kier molecular flexibility index (Phi) is 5.89. The Morgan fingerprint density at radius 1 is 1.09 bits per heavy atom. The lowest BCUT2D eigenvalue weighted by molar-refractivity contribution is -0.137. The Morgan fingerprint density at radius 2 is 1.72 bits per heavy atom. The van der Waals surface area contributed by atoms with Gasteiger partial charge in [-0.15, -0.1) is 0 Å². The third-order valence-corrected chi connectivity index (χ3v) is 5.27. The second-order valence-corrected chi connectivity index (χ2v) is 7.50. The summed E-state index contributed by atoms with van der Waals surface area (Å²) in [6.07, 6.45) is 2.03. The summed E-state index contributed by atoms with van der Waals surface area (Å²) >= 11 is 0. The summed E-state index contributed by atoms with van der Waals surface area (Å²) in [5, 5.41) is 17.7. The van der Waals surface area contributed by atoms with E-state index in [2.05, 4.69) is 27.9 Å². The molecule has 1 aliphatic carbocycles. The molecule has 0 fully saturated rings. The van der Waals surface area contributed by atoms with Gasteiger partial charge in [0.1, 0.15) is 19.2 Å². The lowest BCUT2D eigenvalue weighted by atomic mass is 9.98. The highest BCUT2D eigenvalue weighted by Gasteiger charge is 2.29. The average molecular weight is 434 g/mol. The van der Waals surface area contributed by atoms with E-state index in [1.165, 1.54) is 24.0 Å². The molecule has 0 spiro atoms. The van der Waals surface area contributed by atoms with Gasteiger partial charge in [-0.3, -0.25) is 14.3 Å². The zero-order chi connectivity index (χ0) is 22.7. The molecule has 1 heterocycles. The number of nitrogens with one attached hydrogen (secondary N) is 2. The van der Waals surface area contributed by atoms with Crippen molar-refractivity contribution >= 4 is 23.7 Å². The molecule has 1 atom stereocenters. The highest BCUT2D eigenvalue weighted by molar-refractivity contribution is 5.96. The number of rotatable bonds is 7. The standard InChI is InChI=1S/C23H22N4O5/c1-14(22(30)26-15-10-24-27(11-15)12-21(28)29)25-23(31)32-13-20-18-8-4-2-6-16(18)17-7-3-5-9-19(17)20/h2-11,14,20H,12-13H2,1H3,(H,25,31)(H,26,30)(H,28,29). The number of hydrogen-bond acceptors (Lipinski definition) is 5. The average Bonchev–Trinajstić information content (AvgIpc) is 3.33. The minimum atomic E-state index is -1.05. The number of anilines is 1. The van der Waals surface area contributed by atoms with E-state index in [9.17, 15) is 14.4 Å².